The lowest BCUT2D eigenvalue weighted by atomic mass is 9.82. The van der Waals surface area contributed by atoms with Gasteiger partial charge in [0.2, 0.25) is 5.88 Å². The van der Waals surface area contributed by atoms with E-state index in [0.29, 0.717) is 47.3 Å². The first kappa shape index (κ1) is 23.1. The monoisotopic (exact) mass is 478 g/mol. The second-order valence-corrected chi connectivity index (χ2v) is 9.96. The van der Waals surface area contributed by atoms with Crippen LogP contribution in [0, 0.1) is 18.6 Å². The van der Waals surface area contributed by atoms with Gasteiger partial charge < -0.3 is 9.30 Å². The minimum Gasteiger partial charge on any atom is -0.479 e. The molecule has 3 aromatic heterocycles. The molecule has 35 heavy (non-hydrogen) atoms. The van der Waals surface area contributed by atoms with Crippen LogP contribution in [0.2, 0.25) is 0 Å². The zero-order valence-electron chi connectivity index (χ0n) is 20.5. The number of hydrogen-bond donors (Lipinski definition) is 0. The Bertz CT molecular complexity index is 1400. The summed E-state index contributed by atoms with van der Waals surface area (Å²) in [4.78, 5) is 13.7. The lowest BCUT2D eigenvalue weighted by Gasteiger charge is -2.26. The highest BCUT2D eigenvalue weighted by Gasteiger charge is 2.31. The Morgan fingerprint density at radius 1 is 1.09 bits per heavy atom. The molecule has 7 nitrogen and oxygen atoms in total. The highest BCUT2D eigenvalue weighted by molar-refractivity contribution is 5.55. The van der Waals surface area contributed by atoms with Crippen molar-refractivity contribution in [2.45, 2.75) is 58.4 Å². The molecule has 0 bridgehead atoms. The Balaban J connectivity index is 1.55. The highest BCUT2D eigenvalue weighted by Crippen LogP contribution is 2.38. The summed E-state index contributed by atoms with van der Waals surface area (Å²) in [5.74, 6) is 0.119. The summed E-state index contributed by atoms with van der Waals surface area (Å²) >= 11 is 0. The van der Waals surface area contributed by atoms with Gasteiger partial charge in [0.05, 0.1) is 19.1 Å². The second-order valence-electron chi connectivity index (χ2n) is 9.96. The first-order valence-electron chi connectivity index (χ1n) is 11.7. The van der Waals surface area contributed by atoms with E-state index in [1.807, 2.05) is 55.3 Å². The van der Waals surface area contributed by atoms with Gasteiger partial charge in [-0.05, 0) is 54.5 Å². The van der Waals surface area contributed by atoms with Crippen molar-refractivity contribution in [2.24, 2.45) is 0 Å². The van der Waals surface area contributed by atoms with Crippen molar-refractivity contribution in [3.05, 3.63) is 71.1 Å². The Kier molecular flexibility index (Phi) is 5.65. The molecule has 1 aliphatic rings. The van der Waals surface area contributed by atoms with Crippen LogP contribution in [0.1, 0.15) is 62.2 Å². The van der Waals surface area contributed by atoms with Crippen molar-refractivity contribution in [3.8, 4) is 23.1 Å². The van der Waals surface area contributed by atoms with Gasteiger partial charge in [-0.25, -0.2) is 28.4 Å². The maximum absolute atomic E-state index is 15.0. The van der Waals surface area contributed by atoms with Gasteiger partial charge in [0.25, 0.3) is 0 Å². The average Bonchev–Trinajstić information content (AvgIpc) is 3.44. The molecule has 1 atom stereocenters. The topological polar surface area (TPSA) is 70.7 Å². The molecular formula is C26H28F2N6O. The molecule has 0 N–H and O–H groups in total. The van der Waals surface area contributed by atoms with Crippen molar-refractivity contribution < 1.29 is 13.5 Å². The van der Waals surface area contributed by atoms with E-state index in [1.54, 1.807) is 19.5 Å². The molecule has 0 amide bonds. The van der Waals surface area contributed by atoms with Gasteiger partial charge in [-0.15, -0.1) is 5.10 Å². The molecular weight excluding hydrogens is 450 g/mol. The first-order valence-corrected chi connectivity index (χ1v) is 11.7. The standard InChI is InChI=1S/C26H28F2N6O/c1-15-13-33(14-29-15)22-9-8-21(30-25(22)35-5)23-31-24-16(7-6-10-34(24)32-23)17-11-18(26(2,3)4)20(28)12-19(17)27/h8-9,11-14,16H,6-7,10H2,1-5H3/t16-/m1/s1. The summed E-state index contributed by atoms with van der Waals surface area (Å²) in [5.41, 5.74) is 2.68. The molecule has 1 aliphatic heterocycles. The van der Waals surface area contributed by atoms with Gasteiger partial charge in [0, 0.05) is 24.7 Å². The number of fused-ring (bicyclic) bond motifs is 1. The fourth-order valence-electron chi connectivity index (χ4n) is 4.62. The number of hydrogen-bond acceptors (Lipinski definition) is 5. The minimum atomic E-state index is -0.557. The van der Waals surface area contributed by atoms with Crippen molar-refractivity contribution in [1.82, 2.24) is 29.3 Å². The number of halogens is 2. The SMILES string of the molecule is COc1nc(-c2nc3n(n2)CCC[C@@H]3c2cc(C(C)(C)C)c(F)cc2F)ccc1-n1cnc(C)c1. The predicted molar refractivity (Wildman–Crippen MR) is 128 cm³/mol. The lowest BCUT2D eigenvalue weighted by molar-refractivity contribution is 0.396. The van der Waals surface area contributed by atoms with E-state index in [2.05, 4.69) is 15.1 Å². The summed E-state index contributed by atoms with van der Waals surface area (Å²) in [6, 6.07) is 6.37. The van der Waals surface area contributed by atoms with Gasteiger partial charge in [0.1, 0.15) is 28.8 Å². The third-order valence-electron chi connectivity index (χ3n) is 6.40. The fourth-order valence-corrected chi connectivity index (χ4v) is 4.62. The summed E-state index contributed by atoms with van der Waals surface area (Å²) in [6.45, 7) is 8.35. The van der Waals surface area contributed by atoms with E-state index in [4.69, 9.17) is 9.72 Å². The number of aromatic nitrogens is 6. The van der Waals surface area contributed by atoms with Crippen LogP contribution >= 0.6 is 0 Å². The van der Waals surface area contributed by atoms with Gasteiger partial charge in [-0.3, -0.25) is 0 Å². The summed E-state index contributed by atoms with van der Waals surface area (Å²) < 4.78 is 38.7. The third kappa shape index (κ3) is 4.19. The molecule has 4 aromatic rings. The van der Waals surface area contributed by atoms with Crippen molar-refractivity contribution in [3.63, 3.8) is 0 Å². The minimum absolute atomic E-state index is 0.318. The van der Waals surface area contributed by atoms with Crippen LogP contribution in [0.25, 0.3) is 17.2 Å². The van der Waals surface area contributed by atoms with E-state index in [9.17, 15) is 8.78 Å². The normalized spacial score (nSPS) is 15.8. The van der Waals surface area contributed by atoms with Crippen molar-refractivity contribution in [1.29, 1.82) is 0 Å². The van der Waals surface area contributed by atoms with Crippen LogP contribution in [-0.2, 0) is 12.0 Å². The van der Waals surface area contributed by atoms with E-state index >= 15 is 0 Å². The van der Waals surface area contributed by atoms with Gasteiger partial charge in [-0.2, -0.15) is 0 Å². The Labute approximate surface area is 202 Å². The molecule has 0 radical (unpaired) electrons. The van der Waals surface area contributed by atoms with Gasteiger partial charge in [-0.1, -0.05) is 20.8 Å². The number of nitrogens with zero attached hydrogens (tertiary/aromatic N) is 6. The number of ether oxygens (including phenoxy) is 1. The maximum Gasteiger partial charge on any atom is 0.238 e. The number of imidazole rings is 1. The number of rotatable bonds is 4. The smallest absolute Gasteiger partial charge is 0.238 e. The van der Waals surface area contributed by atoms with Crippen molar-refractivity contribution in [2.75, 3.05) is 7.11 Å². The molecule has 0 aliphatic carbocycles. The Morgan fingerprint density at radius 3 is 2.57 bits per heavy atom. The van der Waals surface area contributed by atoms with Crippen LogP contribution in [0.15, 0.2) is 36.8 Å². The summed E-state index contributed by atoms with van der Waals surface area (Å²) in [7, 11) is 1.56. The van der Waals surface area contributed by atoms with Gasteiger partial charge in [0.15, 0.2) is 5.82 Å². The van der Waals surface area contributed by atoms with Crippen LogP contribution in [0.4, 0.5) is 8.78 Å². The number of pyridine rings is 1. The first-order chi connectivity index (χ1) is 16.7. The van der Waals surface area contributed by atoms with Crippen LogP contribution in [-0.4, -0.2) is 36.4 Å². The van der Waals surface area contributed by atoms with E-state index < -0.39 is 17.0 Å². The molecule has 1 aromatic carbocycles. The van der Waals surface area contributed by atoms with Gasteiger partial charge >= 0.3 is 0 Å². The number of methoxy groups -OCH3 is 1. The molecule has 4 heterocycles. The maximum atomic E-state index is 15.0. The second kappa shape index (κ2) is 8.55. The van der Waals surface area contributed by atoms with Crippen molar-refractivity contribution >= 4 is 0 Å². The molecule has 0 saturated heterocycles. The zero-order chi connectivity index (χ0) is 24.9. The molecule has 0 saturated carbocycles. The van der Waals surface area contributed by atoms with Crippen LogP contribution in [0.5, 0.6) is 5.88 Å². The molecule has 0 spiro atoms. The summed E-state index contributed by atoms with van der Waals surface area (Å²) in [5, 5.41) is 4.67. The average molecular weight is 479 g/mol. The van der Waals surface area contributed by atoms with Crippen LogP contribution < -0.4 is 4.74 Å². The Morgan fingerprint density at radius 2 is 1.89 bits per heavy atom. The number of aryl methyl sites for hydroxylation is 2. The predicted octanol–water partition coefficient (Wildman–Crippen LogP) is 5.34. The molecule has 9 heteroatoms. The lowest BCUT2D eigenvalue weighted by Crippen LogP contribution is -2.21. The summed E-state index contributed by atoms with van der Waals surface area (Å²) in [6.07, 6.45) is 5.12. The number of benzene rings is 1. The Hall–Kier alpha value is -3.62. The largest absolute Gasteiger partial charge is 0.479 e. The third-order valence-corrected chi connectivity index (χ3v) is 6.40. The highest BCUT2D eigenvalue weighted by atomic mass is 19.1. The molecule has 0 unspecified atom stereocenters. The zero-order valence-corrected chi connectivity index (χ0v) is 20.5. The van der Waals surface area contributed by atoms with E-state index in [-0.39, 0.29) is 5.92 Å². The fraction of sp³-hybridized carbons (Fsp3) is 0.385. The van der Waals surface area contributed by atoms with Crippen LogP contribution in [0.3, 0.4) is 0 Å². The molecule has 0 fully saturated rings. The van der Waals surface area contributed by atoms with E-state index in [1.165, 1.54) is 0 Å². The quantitative estimate of drug-likeness (QED) is 0.396. The molecule has 5 rings (SSSR count). The molecule has 182 valence electrons. The van der Waals surface area contributed by atoms with E-state index in [0.717, 1.165) is 23.9 Å².